The summed E-state index contributed by atoms with van der Waals surface area (Å²) in [5.41, 5.74) is 6.32. The molecule has 0 atom stereocenters. The predicted molar refractivity (Wildman–Crippen MR) is 51.8 cm³/mol. The average molecular weight is 194 g/mol. The van der Waals surface area contributed by atoms with E-state index < -0.39 is 5.91 Å². The van der Waals surface area contributed by atoms with Crippen molar-refractivity contribution in [1.29, 1.82) is 0 Å². The quantitative estimate of drug-likeness (QED) is 0.791. The first-order valence-electron chi connectivity index (χ1n) is 4.16. The van der Waals surface area contributed by atoms with E-state index in [1.807, 2.05) is 0 Å². The molecule has 0 aliphatic rings. The normalized spacial score (nSPS) is 10.7. The molecule has 1 aromatic rings. The third-order valence-corrected chi connectivity index (χ3v) is 1.68. The first-order chi connectivity index (χ1) is 6.59. The van der Waals surface area contributed by atoms with Gasteiger partial charge in [0.2, 0.25) is 5.91 Å². The predicted octanol–water partition coefficient (Wildman–Crippen LogP) is 1.42. The van der Waals surface area contributed by atoms with Crippen LogP contribution in [0.3, 0.4) is 0 Å². The monoisotopic (exact) mass is 194 g/mol. The van der Waals surface area contributed by atoms with Crippen LogP contribution in [-0.4, -0.2) is 10.9 Å². The lowest BCUT2D eigenvalue weighted by molar-refractivity contribution is -0.117. The minimum absolute atomic E-state index is 0.165. The number of carbonyl (C=O) groups is 1. The highest BCUT2D eigenvalue weighted by Gasteiger charge is 1.97. The number of amides is 1. The number of halogens is 1. The van der Waals surface area contributed by atoms with E-state index in [1.54, 1.807) is 19.1 Å². The van der Waals surface area contributed by atoms with Crippen LogP contribution in [0, 0.1) is 12.7 Å². The zero-order valence-corrected chi connectivity index (χ0v) is 7.83. The van der Waals surface area contributed by atoms with Crippen LogP contribution in [0.15, 0.2) is 18.3 Å². The fourth-order valence-electron chi connectivity index (χ4n) is 1.01. The Morgan fingerprint density at radius 2 is 2.43 bits per heavy atom. The van der Waals surface area contributed by atoms with E-state index in [2.05, 4.69) is 4.98 Å². The standard InChI is InChI=1S/C10H11FN2O/c1-7-5-8(11)6-13-9(7)3-2-4-10(12)14/h2-3,5-6H,4H2,1H3,(H2,12,14). The smallest absolute Gasteiger partial charge is 0.221 e. The number of hydrogen-bond donors (Lipinski definition) is 1. The molecule has 0 aromatic carbocycles. The molecule has 0 saturated heterocycles. The van der Waals surface area contributed by atoms with E-state index in [-0.39, 0.29) is 12.2 Å². The fourth-order valence-corrected chi connectivity index (χ4v) is 1.01. The molecule has 4 heteroatoms. The van der Waals surface area contributed by atoms with Gasteiger partial charge in [-0.3, -0.25) is 9.78 Å². The zero-order chi connectivity index (χ0) is 10.6. The number of hydrogen-bond acceptors (Lipinski definition) is 2. The molecule has 0 saturated carbocycles. The molecule has 1 amide bonds. The van der Waals surface area contributed by atoms with Gasteiger partial charge in [0.25, 0.3) is 0 Å². The lowest BCUT2D eigenvalue weighted by Crippen LogP contribution is -2.07. The highest BCUT2D eigenvalue weighted by Crippen LogP contribution is 2.08. The van der Waals surface area contributed by atoms with Crippen LogP contribution in [0.1, 0.15) is 17.7 Å². The minimum Gasteiger partial charge on any atom is -0.369 e. The Morgan fingerprint density at radius 1 is 1.71 bits per heavy atom. The van der Waals surface area contributed by atoms with Crippen molar-refractivity contribution < 1.29 is 9.18 Å². The Kier molecular flexibility index (Phi) is 3.34. The van der Waals surface area contributed by atoms with Crippen molar-refractivity contribution in [2.75, 3.05) is 0 Å². The number of pyridine rings is 1. The summed E-state index contributed by atoms with van der Waals surface area (Å²) in [6, 6.07) is 1.39. The Hall–Kier alpha value is -1.71. The second-order valence-electron chi connectivity index (χ2n) is 2.93. The van der Waals surface area contributed by atoms with Gasteiger partial charge in [-0.05, 0) is 24.6 Å². The van der Waals surface area contributed by atoms with Crippen molar-refractivity contribution >= 4 is 12.0 Å². The second-order valence-corrected chi connectivity index (χ2v) is 2.93. The van der Waals surface area contributed by atoms with Crippen molar-refractivity contribution in [1.82, 2.24) is 4.98 Å². The maximum absolute atomic E-state index is 12.6. The summed E-state index contributed by atoms with van der Waals surface area (Å²) >= 11 is 0. The van der Waals surface area contributed by atoms with Gasteiger partial charge in [-0.25, -0.2) is 4.39 Å². The molecule has 2 N–H and O–H groups in total. The maximum atomic E-state index is 12.6. The van der Waals surface area contributed by atoms with Gasteiger partial charge in [-0.2, -0.15) is 0 Å². The van der Waals surface area contributed by atoms with Crippen molar-refractivity contribution in [2.24, 2.45) is 5.73 Å². The van der Waals surface area contributed by atoms with Gasteiger partial charge >= 0.3 is 0 Å². The maximum Gasteiger partial charge on any atom is 0.221 e. The van der Waals surface area contributed by atoms with Gasteiger partial charge in [0.15, 0.2) is 0 Å². The van der Waals surface area contributed by atoms with Gasteiger partial charge in [0.1, 0.15) is 5.82 Å². The summed E-state index contributed by atoms with van der Waals surface area (Å²) < 4.78 is 12.6. The van der Waals surface area contributed by atoms with Crippen LogP contribution in [0.5, 0.6) is 0 Å². The van der Waals surface area contributed by atoms with Gasteiger partial charge in [-0.1, -0.05) is 6.08 Å². The van der Waals surface area contributed by atoms with E-state index in [1.165, 1.54) is 6.07 Å². The van der Waals surface area contributed by atoms with Crippen molar-refractivity contribution in [3.63, 3.8) is 0 Å². The van der Waals surface area contributed by atoms with Gasteiger partial charge < -0.3 is 5.73 Å². The molecule has 1 rings (SSSR count). The van der Waals surface area contributed by atoms with Crippen LogP contribution < -0.4 is 5.73 Å². The number of primary amides is 1. The highest BCUT2D eigenvalue weighted by atomic mass is 19.1. The van der Waals surface area contributed by atoms with Crippen LogP contribution >= 0.6 is 0 Å². The lowest BCUT2D eigenvalue weighted by Gasteiger charge is -1.97. The molecule has 14 heavy (non-hydrogen) atoms. The van der Waals surface area contributed by atoms with Crippen LogP contribution in [0.2, 0.25) is 0 Å². The molecule has 3 nitrogen and oxygen atoms in total. The van der Waals surface area contributed by atoms with Gasteiger partial charge in [-0.15, -0.1) is 0 Å². The molecule has 0 radical (unpaired) electrons. The van der Waals surface area contributed by atoms with Crippen molar-refractivity contribution in [3.05, 3.63) is 35.4 Å². The first-order valence-corrected chi connectivity index (χ1v) is 4.16. The molecule has 1 heterocycles. The summed E-state index contributed by atoms with van der Waals surface area (Å²) in [7, 11) is 0. The molecular formula is C10H11FN2O. The van der Waals surface area contributed by atoms with Gasteiger partial charge in [0, 0.05) is 6.42 Å². The largest absolute Gasteiger partial charge is 0.369 e. The van der Waals surface area contributed by atoms with Gasteiger partial charge in [0.05, 0.1) is 11.9 Å². The molecule has 74 valence electrons. The fraction of sp³-hybridized carbons (Fsp3) is 0.200. The lowest BCUT2D eigenvalue weighted by atomic mass is 10.2. The number of aryl methyl sites for hydroxylation is 1. The molecule has 0 aliphatic heterocycles. The molecule has 1 aromatic heterocycles. The third kappa shape index (κ3) is 2.97. The van der Waals surface area contributed by atoms with Crippen LogP contribution in [0.25, 0.3) is 6.08 Å². The zero-order valence-electron chi connectivity index (χ0n) is 7.83. The topological polar surface area (TPSA) is 56.0 Å². The summed E-state index contributed by atoms with van der Waals surface area (Å²) in [5.74, 6) is -0.768. The van der Waals surface area contributed by atoms with E-state index in [0.717, 1.165) is 11.8 Å². The SMILES string of the molecule is Cc1cc(F)cnc1C=CCC(N)=O. The van der Waals surface area contributed by atoms with Crippen molar-refractivity contribution in [3.8, 4) is 0 Å². The number of nitrogens with zero attached hydrogens (tertiary/aromatic N) is 1. The molecule has 0 spiro atoms. The molecular weight excluding hydrogens is 183 g/mol. The van der Waals surface area contributed by atoms with Crippen LogP contribution in [-0.2, 0) is 4.79 Å². The summed E-state index contributed by atoms with van der Waals surface area (Å²) in [6.07, 6.45) is 4.56. The number of rotatable bonds is 3. The number of aromatic nitrogens is 1. The Balaban J connectivity index is 2.76. The molecule has 0 unspecified atom stereocenters. The van der Waals surface area contributed by atoms with Crippen LogP contribution in [0.4, 0.5) is 4.39 Å². The minimum atomic E-state index is -0.402. The first kappa shape index (κ1) is 10.4. The van der Waals surface area contributed by atoms with E-state index >= 15 is 0 Å². The Labute approximate surface area is 81.5 Å². The Morgan fingerprint density at radius 3 is 3.00 bits per heavy atom. The van der Waals surface area contributed by atoms with E-state index in [4.69, 9.17) is 5.73 Å². The molecule has 0 fully saturated rings. The molecule has 0 bridgehead atoms. The highest BCUT2D eigenvalue weighted by molar-refractivity contribution is 5.76. The average Bonchev–Trinajstić information content (AvgIpc) is 2.08. The second kappa shape index (κ2) is 4.50. The number of nitrogens with two attached hydrogens (primary N) is 1. The summed E-state index contributed by atoms with van der Waals surface area (Å²) in [6.45, 7) is 1.75. The summed E-state index contributed by atoms with van der Waals surface area (Å²) in [4.78, 5) is 14.3. The number of carbonyl (C=O) groups excluding carboxylic acids is 1. The Bertz CT molecular complexity index is 374. The molecule has 0 aliphatic carbocycles. The van der Waals surface area contributed by atoms with E-state index in [0.29, 0.717) is 5.69 Å². The summed E-state index contributed by atoms with van der Waals surface area (Å²) in [5, 5.41) is 0. The third-order valence-electron chi connectivity index (χ3n) is 1.68. The van der Waals surface area contributed by atoms with Crippen molar-refractivity contribution in [2.45, 2.75) is 13.3 Å². The van der Waals surface area contributed by atoms with E-state index in [9.17, 15) is 9.18 Å².